The van der Waals surface area contributed by atoms with E-state index in [1.807, 2.05) is 6.08 Å². The maximum atomic E-state index is 14.3. The van der Waals surface area contributed by atoms with Crippen LogP contribution in [0.15, 0.2) is 22.2 Å². The molecule has 3 saturated carbocycles. The number of methoxy groups -OCH3 is 1. The van der Waals surface area contributed by atoms with Gasteiger partial charge in [-0.1, -0.05) is 60.1 Å². The summed E-state index contributed by atoms with van der Waals surface area (Å²) >= 11 is 3.60. The molecule has 0 radical (unpaired) electrons. The zero-order valence-electron chi connectivity index (χ0n) is 23.3. The lowest BCUT2D eigenvalue weighted by atomic mass is 9.34. The second kappa shape index (κ2) is 7.67. The van der Waals surface area contributed by atoms with Crippen LogP contribution in [0.25, 0.3) is 0 Å². The lowest BCUT2D eigenvalue weighted by Crippen LogP contribution is -2.65. The molecular weight excluding hydrogens is 516 g/mol. The Morgan fingerprint density at radius 2 is 1.61 bits per heavy atom. The number of carbonyl (C=O) groups excluding carboxylic acids is 3. The summed E-state index contributed by atoms with van der Waals surface area (Å²) in [6.07, 6.45) is 10.3. The number of esters is 1. The summed E-state index contributed by atoms with van der Waals surface area (Å²) in [7, 11) is 1.50. The minimum absolute atomic E-state index is 0.00763. The SMILES string of the molecule is COC(=O)C12CCC(C)(C)CC1C1C(=O)C=C3C4(C)C=C(Br)C(=O)C(C)(C)C4CCC3(C)C1(C)CC2. The molecule has 198 valence electrons. The molecule has 0 aromatic rings. The Hall–Kier alpha value is -1.23. The summed E-state index contributed by atoms with van der Waals surface area (Å²) in [5.41, 5.74) is -0.551. The zero-order valence-corrected chi connectivity index (χ0v) is 24.9. The van der Waals surface area contributed by atoms with E-state index >= 15 is 0 Å². The molecule has 7 atom stereocenters. The third-order valence-corrected chi connectivity index (χ3v) is 12.9. The first-order valence-electron chi connectivity index (χ1n) is 13.8. The fourth-order valence-electron chi connectivity index (χ4n) is 10.0. The zero-order chi connectivity index (χ0) is 26.7. The normalized spacial score (nSPS) is 46.9. The average Bonchev–Trinajstić information content (AvgIpc) is 2.78. The van der Waals surface area contributed by atoms with Crippen LogP contribution < -0.4 is 0 Å². The number of ketones is 2. The van der Waals surface area contributed by atoms with Crippen molar-refractivity contribution in [3.63, 3.8) is 0 Å². The first-order chi connectivity index (χ1) is 16.5. The lowest BCUT2D eigenvalue weighted by Gasteiger charge is -2.68. The smallest absolute Gasteiger partial charge is 0.312 e. The summed E-state index contributed by atoms with van der Waals surface area (Å²) < 4.78 is 6.06. The Bertz CT molecular complexity index is 1110. The third-order valence-electron chi connectivity index (χ3n) is 12.3. The van der Waals surface area contributed by atoms with E-state index in [9.17, 15) is 14.4 Å². The summed E-state index contributed by atoms with van der Waals surface area (Å²) in [5, 5.41) is 0. The molecule has 36 heavy (non-hydrogen) atoms. The van der Waals surface area contributed by atoms with E-state index < -0.39 is 10.8 Å². The molecule has 0 saturated heterocycles. The molecule has 0 N–H and O–H groups in total. The third kappa shape index (κ3) is 3.07. The van der Waals surface area contributed by atoms with Gasteiger partial charge in [0.15, 0.2) is 11.6 Å². The van der Waals surface area contributed by atoms with Gasteiger partial charge in [-0.05, 0) is 95.0 Å². The van der Waals surface area contributed by atoms with Crippen LogP contribution in [0, 0.1) is 50.2 Å². The van der Waals surface area contributed by atoms with E-state index in [1.54, 1.807) is 0 Å². The molecule has 0 spiro atoms. The van der Waals surface area contributed by atoms with E-state index in [2.05, 4.69) is 70.5 Å². The molecule has 3 fully saturated rings. The summed E-state index contributed by atoms with van der Waals surface area (Å²) in [6, 6.07) is 0. The van der Waals surface area contributed by atoms with Crippen LogP contribution in [0.3, 0.4) is 0 Å². The van der Waals surface area contributed by atoms with E-state index in [0.29, 0.717) is 4.48 Å². The molecule has 5 aliphatic rings. The highest BCUT2D eigenvalue weighted by Crippen LogP contribution is 2.74. The number of hydrogen-bond acceptors (Lipinski definition) is 4. The van der Waals surface area contributed by atoms with Crippen LogP contribution in [-0.4, -0.2) is 24.6 Å². The molecule has 0 aliphatic heterocycles. The minimum Gasteiger partial charge on any atom is -0.469 e. The monoisotopic (exact) mass is 558 g/mol. The Morgan fingerprint density at radius 3 is 2.25 bits per heavy atom. The van der Waals surface area contributed by atoms with Crippen LogP contribution in [-0.2, 0) is 19.1 Å². The van der Waals surface area contributed by atoms with E-state index in [1.165, 1.54) is 12.7 Å². The molecule has 0 aromatic carbocycles. The number of hydrogen-bond donors (Lipinski definition) is 0. The number of allylic oxidation sites excluding steroid dienone is 4. The average molecular weight is 560 g/mol. The van der Waals surface area contributed by atoms with Gasteiger partial charge in [0.25, 0.3) is 0 Å². The van der Waals surface area contributed by atoms with Crippen molar-refractivity contribution in [1.29, 1.82) is 0 Å². The fourth-order valence-corrected chi connectivity index (χ4v) is 11.0. The predicted molar refractivity (Wildman–Crippen MR) is 144 cm³/mol. The Kier molecular flexibility index (Phi) is 5.62. The molecule has 0 heterocycles. The highest BCUT2D eigenvalue weighted by atomic mass is 79.9. The van der Waals surface area contributed by atoms with Gasteiger partial charge < -0.3 is 4.74 Å². The van der Waals surface area contributed by atoms with Crippen molar-refractivity contribution in [2.75, 3.05) is 7.11 Å². The molecular formula is C31H43BrO4. The topological polar surface area (TPSA) is 60.4 Å². The number of ether oxygens (including phenoxy) is 1. The van der Waals surface area contributed by atoms with Gasteiger partial charge in [-0.3, -0.25) is 14.4 Å². The first-order valence-corrected chi connectivity index (χ1v) is 14.6. The summed E-state index contributed by atoms with van der Waals surface area (Å²) in [5.74, 6) is 0.175. The van der Waals surface area contributed by atoms with Gasteiger partial charge in [-0.2, -0.15) is 0 Å². The van der Waals surface area contributed by atoms with Crippen LogP contribution in [0.5, 0.6) is 0 Å². The van der Waals surface area contributed by atoms with Crippen molar-refractivity contribution in [1.82, 2.24) is 0 Å². The van der Waals surface area contributed by atoms with Gasteiger partial charge in [0.1, 0.15) is 0 Å². The van der Waals surface area contributed by atoms with Crippen molar-refractivity contribution in [2.45, 2.75) is 93.4 Å². The highest BCUT2D eigenvalue weighted by Gasteiger charge is 2.71. The second-order valence-corrected chi connectivity index (χ2v) is 15.6. The van der Waals surface area contributed by atoms with Gasteiger partial charge in [-0.25, -0.2) is 0 Å². The second-order valence-electron chi connectivity index (χ2n) is 14.7. The van der Waals surface area contributed by atoms with Crippen molar-refractivity contribution in [3.05, 3.63) is 22.2 Å². The number of carbonyl (C=O) groups is 3. The van der Waals surface area contributed by atoms with Crippen molar-refractivity contribution in [3.8, 4) is 0 Å². The maximum absolute atomic E-state index is 14.3. The van der Waals surface area contributed by atoms with Crippen LogP contribution in [0.4, 0.5) is 0 Å². The number of rotatable bonds is 1. The Morgan fingerprint density at radius 1 is 0.972 bits per heavy atom. The Labute approximate surface area is 225 Å². The predicted octanol–water partition coefficient (Wildman–Crippen LogP) is 7.21. The fraction of sp³-hybridized carbons (Fsp3) is 0.774. The quantitative estimate of drug-likeness (QED) is 0.319. The van der Waals surface area contributed by atoms with Crippen molar-refractivity contribution < 1.29 is 19.1 Å². The lowest BCUT2D eigenvalue weighted by molar-refractivity contribution is -0.191. The van der Waals surface area contributed by atoms with Gasteiger partial charge >= 0.3 is 5.97 Å². The van der Waals surface area contributed by atoms with Crippen molar-refractivity contribution in [2.24, 2.45) is 50.2 Å². The standard InChI is InChI=1S/C31H43BrO4/c1-26(2)11-13-31(25(35)36-8)14-12-30(7)23(18(31)16-26)20(33)15-22-28(5)17-19(32)24(34)27(3,4)21(28)9-10-29(22,30)6/h15,17-18,21,23H,9-14,16H2,1-8H3. The van der Waals surface area contributed by atoms with Crippen LogP contribution in [0.1, 0.15) is 93.4 Å². The number of Topliss-reactive ketones (excluding diaryl/α,β-unsaturated/α-hetero) is 1. The van der Waals surface area contributed by atoms with E-state index in [0.717, 1.165) is 44.9 Å². The van der Waals surface area contributed by atoms with Gasteiger partial charge in [0.05, 0.1) is 17.0 Å². The maximum Gasteiger partial charge on any atom is 0.312 e. The Balaban J connectivity index is 1.69. The van der Waals surface area contributed by atoms with Crippen molar-refractivity contribution >= 4 is 33.5 Å². The van der Waals surface area contributed by atoms with Gasteiger partial charge in [-0.15, -0.1) is 0 Å². The molecule has 0 amide bonds. The molecule has 5 rings (SSSR count). The molecule has 5 aliphatic carbocycles. The largest absolute Gasteiger partial charge is 0.469 e. The molecule has 4 nitrogen and oxygen atoms in total. The molecule has 7 unspecified atom stereocenters. The van der Waals surface area contributed by atoms with Gasteiger partial charge in [0, 0.05) is 16.7 Å². The van der Waals surface area contributed by atoms with E-state index in [-0.39, 0.29) is 56.9 Å². The number of fused-ring (bicyclic) bond motifs is 7. The highest BCUT2D eigenvalue weighted by molar-refractivity contribution is 9.12. The molecule has 0 aromatic heterocycles. The van der Waals surface area contributed by atoms with Crippen LogP contribution in [0.2, 0.25) is 0 Å². The summed E-state index contributed by atoms with van der Waals surface area (Å²) in [4.78, 5) is 40.9. The summed E-state index contributed by atoms with van der Waals surface area (Å²) in [6.45, 7) is 15.7. The minimum atomic E-state index is -0.560. The van der Waals surface area contributed by atoms with E-state index in [4.69, 9.17) is 4.74 Å². The first kappa shape index (κ1) is 26.4. The van der Waals surface area contributed by atoms with Crippen LogP contribution >= 0.6 is 15.9 Å². The van der Waals surface area contributed by atoms with Gasteiger partial charge in [0.2, 0.25) is 0 Å². The molecule has 5 heteroatoms. The number of halogens is 1. The molecule has 0 bridgehead atoms.